The lowest BCUT2D eigenvalue weighted by atomic mass is 9.98. The maximum absolute atomic E-state index is 12.9. The first kappa shape index (κ1) is 10.7. The number of hydrogen-bond acceptors (Lipinski definition) is 2. The second-order valence-electron chi connectivity index (χ2n) is 3.24. The van der Waals surface area contributed by atoms with Crippen molar-refractivity contribution >= 4 is 0 Å². The molecule has 2 N–H and O–H groups in total. The molecule has 0 aliphatic carbocycles. The van der Waals surface area contributed by atoms with Gasteiger partial charge in [0, 0.05) is 6.04 Å². The molecule has 0 saturated heterocycles. The van der Waals surface area contributed by atoms with Crippen LogP contribution in [0.5, 0.6) is 0 Å². The molecule has 14 heavy (non-hydrogen) atoms. The van der Waals surface area contributed by atoms with E-state index in [0.717, 1.165) is 12.8 Å². The van der Waals surface area contributed by atoms with Crippen molar-refractivity contribution in [2.75, 3.05) is 0 Å². The van der Waals surface area contributed by atoms with Gasteiger partial charge in [-0.2, -0.15) is 5.26 Å². The Morgan fingerprint density at radius 2 is 2.29 bits per heavy atom. The van der Waals surface area contributed by atoms with Crippen LogP contribution < -0.4 is 5.73 Å². The van der Waals surface area contributed by atoms with Crippen LogP contribution in [0.1, 0.15) is 36.9 Å². The third-order valence-corrected chi connectivity index (χ3v) is 2.13. The van der Waals surface area contributed by atoms with Crippen LogP contribution in [-0.4, -0.2) is 0 Å². The van der Waals surface area contributed by atoms with Crippen LogP contribution in [0.15, 0.2) is 18.2 Å². The van der Waals surface area contributed by atoms with Crippen molar-refractivity contribution in [2.45, 2.75) is 25.8 Å². The Bertz CT molecular complexity index is 355. The van der Waals surface area contributed by atoms with Gasteiger partial charge in [-0.05, 0) is 30.2 Å². The SMILES string of the molecule is CCC[C@@H](N)c1cc(F)ccc1C#N. The summed E-state index contributed by atoms with van der Waals surface area (Å²) in [5, 5.41) is 8.80. The Morgan fingerprint density at radius 3 is 2.86 bits per heavy atom. The zero-order valence-electron chi connectivity index (χ0n) is 8.13. The zero-order valence-corrected chi connectivity index (χ0v) is 8.13. The molecule has 74 valence electrons. The molecular weight excluding hydrogens is 179 g/mol. The number of hydrogen-bond donors (Lipinski definition) is 1. The summed E-state index contributed by atoms with van der Waals surface area (Å²) < 4.78 is 12.9. The highest BCUT2D eigenvalue weighted by molar-refractivity contribution is 5.39. The molecular formula is C11H13FN2. The molecule has 0 unspecified atom stereocenters. The summed E-state index contributed by atoms with van der Waals surface area (Å²) in [4.78, 5) is 0. The van der Waals surface area contributed by atoms with E-state index in [1.165, 1.54) is 18.2 Å². The summed E-state index contributed by atoms with van der Waals surface area (Å²) in [5.41, 5.74) is 6.90. The van der Waals surface area contributed by atoms with Gasteiger partial charge in [-0.1, -0.05) is 13.3 Å². The van der Waals surface area contributed by atoms with Crippen molar-refractivity contribution in [2.24, 2.45) is 5.73 Å². The fraction of sp³-hybridized carbons (Fsp3) is 0.364. The van der Waals surface area contributed by atoms with Crippen molar-refractivity contribution in [3.63, 3.8) is 0 Å². The molecule has 0 heterocycles. The minimum atomic E-state index is -0.342. The first-order chi connectivity index (χ1) is 6.69. The fourth-order valence-electron chi connectivity index (χ4n) is 1.41. The molecule has 0 aromatic heterocycles. The molecule has 1 aromatic carbocycles. The van der Waals surface area contributed by atoms with E-state index in [1.807, 2.05) is 13.0 Å². The van der Waals surface area contributed by atoms with Crippen molar-refractivity contribution in [3.8, 4) is 6.07 Å². The Labute approximate surface area is 83.2 Å². The van der Waals surface area contributed by atoms with Crippen molar-refractivity contribution in [1.29, 1.82) is 5.26 Å². The maximum atomic E-state index is 12.9. The second kappa shape index (κ2) is 4.73. The summed E-state index contributed by atoms with van der Waals surface area (Å²) in [6, 6.07) is 5.87. The van der Waals surface area contributed by atoms with Gasteiger partial charge in [0.25, 0.3) is 0 Å². The van der Waals surface area contributed by atoms with Crippen molar-refractivity contribution in [1.82, 2.24) is 0 Å². The maximum Gasteiger partial charge on any atom is 0.123 e. The van der Waals surface area contributed by atoms with Crippen LogP contribution in [0.4, 0.5) is 4.39 Å². The minimum Gasteiger partial charge on any atom is -0.324 e. The second-order valence-corrected chi connectivity index (χ2v) is 3.24. The highest BCUT2D eigenvalue weighted by Gasteiger charge is 2.10. The summed E-state index contributed by atoms with van der Waals surface area (Å²) in [6.07, 6.45) is 1.68. The number of halogens is 1. The van der Waals surface area contributed by atoms with Gasteiger partial charge < -0.3 is 5.73 Å². The molecule has 0 saturated carbocycles. The Hall–Kier alpha value is -1.40. The lowest BCUT2D eigenvalue weighted by Crippen LogP contribution is -2.11. The van der Waals surface area contributed by atoms with Crippen LogP contribution >= 0.6 is 0 Å². The van der Waals surface area contributed by atoms with Gasteiger partial charge in [-0.15, -0.1) is 0 Å². The Morgan fingerprint density at radius 1 is 1.57 bits per heavy atom. The number of nitriles is 1. The molecule has 0 spiro atoms. The standard InChI is InChI=1S/C11H13FN2/c1-2-3-11(14)10-6-9(12)5-4-8(10)7-13/h4-6,11H,2-3,14H2,1H3/t11-/m1/s1. The topological polar surface area (TPSA) is 49.8 Å². The van der Waals surface area contributed by atoms with E-state index in [4.69, 9.17) is 11.0 Å². The van der Waals surface area contributed by atoms with E-state index in [1.54, 1.807) is 0 Å². The Balaban J connectivity index is 3.05. The van der Waals surface area contributed by atoms with E-state index in [2.05, 4.69) is 0 Å². The molecule has 3 heteroatoms. The predicted molar refractivity (Wildman–Crippen MR) is 53.0 cm³/mol. The average molecular weight is 192 g/mol. The molecule has 0 aliphatic heterocycles. The molecule has 0 amide bonds. The van der Waals surface area contributed by atoms with E-state index in [0.29, 0.717) is 11.1 Å². The lowest BCUT2D eigenvalue weighted by Gasteiger charge is -2.12. The number of nitrogens with two attached hydrogens (primary N) is 1. The van der Waals surface area contributed by atoms with Crippen LogP contribution in [0.2, 0.25) is 0 Å². The molecule has 0 fully saturated rings. The lowest BCUT2D eigenvalue weighted by molar-refractivity contribution is 0.604. The molecule has 0 radical (unpaired) electrons. The highest BCUT2D eigenvalue weighted by Crippen LogP contribution is 2.20. The number of rotatable bonds is 3. The quantitative estimate of drug-likeness (QED) is 0.799. The minimum absolute atomic E-state index is 0.245. The summed E-state index contributed by atoms with van der Waals surface area (Å²) in [6.45, 7) is 2.01. The molecule has 0 bridgehead atoms. The summed E-state index contributed by atoms with van der Waals surface area (Å²) in [5.74, 6) is -0.342. The summed E-state index contributed by atoms with van der Waals surface area (Å²) >= 11 is 0. The molecule has 1 aromatic rings. The number of benzene rings is 1. The van der Waals surface area contributed by atoms with E-state index in [9.17, 15) is 4.39 Å². The van der Waals surface area contributed by atoms with Crippen LogP contribution in [0, 0.1) is 17.1 Å². The smallest absolute Gasteiger partial charge is 0.123 e. The van der Waals surface area contributed by atoms with E-state index >= 15 is 0 Å². The van der Waals surface area contributed by atoms with Gasteiger partial charge in [0.05, 0.1) is 11.6 Å². The van der Waals surface area contributed by atoms with E-state index in [-0.39, 0.29) is 11.9 Å². The van der Waals surface area contributed by atoms with Gasteiger partial charge in [0.1, 0.15) is 5.82 Å². The van der Waals surface area contributed by atoms with Crippen LogP contribution in [0.3, 0.4) is 0 Å². The van der Waals surface area contributed by atoms with Crippen molar-refractivity contribution < 1.29 is 4.39 Å². The summed E-state index contributed by atoms with van der Waals surface area (Å²) in [7, 11) is 0. The number of nitrogens with zero attached hydrogens (tertiary/aromatic N) is 1. The predicted octanol–water partition coefficient (Wildman–Crippen LogP) is 2.50. The highest BCUT2D eigenvalue weighted by atomic mass is 19.1. The van der Waals surface area contributed by atoms with E-state index < -0.39 is 0 Å². The molecule has 2 nitrogen and oxygen atoms in total. The van der Waals surface area contributed by atoms with Crippen molar-refractivity contribution in [3.05, 3.63) is 35.1 Å². The van der Waals surface area contributed by atoms with Gasteiger partial charge in [0.2, 0.25) is 0 Å². The Kier molecular flexibility index (Phi) is 3.61. The van der Waals surface area contributed by atoms with Crippen LogP contribution in [0.25, 0.3) is 0 Å². The third-order valence-electron chi connectivity index (χ3n) is 2.13. The third kappa shape index (κ3) is 2.30. The van der Waals surface area contributed by atoms with Crippen LogP contribution in [-0.2, 0) is 0 Å². The van der Waals surface area contributed by atoms with Gasteiger partial charge in [0.15, 0.2) is 0 Å². The average Bonchev–Trinajstić information content (AvgIpc) is 2.18. The van der Waals surface area contributed by atoms with Gasteiger partial charge in [-0.3, -0.25) is 0 Å². The molecule has 0 aliphatic rings. The monoisotopic (exact) mass is 192 g/mol. The van der Waals surface area contributed by atoms with Gasteiger partial charge >= 0.3 is 0 Å². The molecule has 1 atom stereocenters. The normalized spacial score (nSPS) is 12.1. The largest absolute Gasteiger partial charge is 0.324 e. The fourth-order valence-corrected chi connectivity index (χ4v) is 1.41. The first-order valence-corrected chi connectivity index (χ1v) is 4.64. The first-order valence-electron chi connectivity index (χ1n) is 4.64. The molecule has 1 rings (SSSR count). The van der Waals surface area contributed by atoms with Gasteiger partial charge in [-0.25, -0.2) is 4.39 Å². The zero-order chi connectivity index (χ0) is 10.6.